The fourth-order valence-electron chi connectivity index (χ4n) is 0.491. The number of carboxylic acids is 1. The molecule has 0 saturated heterocycles. The summed E-state index contributed by atoms with van der Waals surface area (Å²) in [4.78, 5) is 9.82. The van der Waals surface area contributed by atoms with E-state index in [0.29, 0.717) is 0 Å². The molecule has 0 heterocycles. The fraction of sp³-hybridized carbons (Fsp3) is 0.800. The zero-order chi connectivity index (χ0) is 9.02. The van der Waals surface area contributed by atoms with E-state index in [0.717, 1.165) is 7.11 Å². The van der Waals surface area contributed by atoms with E-state index < -0.39 is 24.7 Å². The average molecular weight is 172 g/mol. The fourth-order valence-corrected chi connectivity index (χ4v) is 0.491. The maximum Gasteiger partial charge on any atom is 0.341 e. The van der Waals surface area contributed by atoms with Crippen molar-refractivity contribution in [3.63, 3.8) is 0 Å². The molecule has 2 atom stereocenters. The molecular weight excluding hydrogens is 165 g/mol. The summed E-state index contributed by atoms with van der Waals surface area (Å²) in [5, 5.41) is 7.94. The summed E-state index contributed by atoms with van der Waals surface area (Å²) < 4.78 is 39.5. The van der Waals surface area contributed by atoms with Gasteiger partial charge in [-0.15, -0.1) is 0 Å². The molecule has 3 nitrogen and oxygen atoms in total. The van der Waals surface area contributed by atoms with Crippen molar-refractivity contribution in [1.82, 2.24) is 0 Å². The summed E-state index contributed by atoms with van der Waals surface area (Å²) in [6, 6.07) is 0. The van der Waals surface area contributed by atoms with Crippen LogP contribution >= 0.6 is 0 Å². The minimum atomic E-state index is -3.13. The third-order valence-corrected chi connectivity index (χ3v) is 1.04. The summed E-state index contributed by atoms with van der Waals surface area (Å²) in [6.45, 7) is 0. The first-order valence-corrected chi connectivity index (χ1v) is 2.68. The first kappa shape index (κ1) is 10.2. The third-order valence-electron chi connectivity index (χ3n) is 1.04. The molecular formula is C5H7F3O3. The molecule has 0 aromatic rings. The van der Waals surface area contributed by atoms with Crippen LogP contribution in [0.15, 0.2) is 0 Å². The lowest BCUT2D eigenvalue weighted by Gasteiger charge is -2.14. The van der Waals surface area contributed by atoms with Gasteiger partial charge in [-0.05, 0) is 0 Å². The molecule has 0 fully saturated rings. The summed E-state index contributed by atoms with van der Waals surface area (Å²) in [5.41, 5.74) is 0. The zero-order valence-electron chi connectivity index (χ0n) is 5.63. The van der Waals surface area contributed by atoms with Gasteiger partial charge in [0.1, 0.15) is 0 Å². The van der Waals surface area contributed by atoms with Gasteiger partial charge < -0.3 is 9.84 Å². The second-order valence-electron chi connectivity index (χ2n) is 1.77. The van der Waals surface area contributed by atoms with E-state index in [2.05, 4.69) is 4.74 Å². The maximum atomic E-state index is 12.2. The number of halogens is 3. The highest BCUT2D eigenvalue weighted by molar-refractivity contribution is 5.72. The normalized spacial score (nSPS) is 16.5. The molecule has 0 spiro atoms. The van der Waals surface area contributed by atoms with Gasteiger partial charge >= 0.3 is 5.97 Å². The minimum Gasteiger partial charge on any atom is -0.479 e. The Morgan fingerprint density at radius 1 is 1.45 bits per heavy atom. The Kier molecular flexibility index (Phi) is 3.88. The van der Waals surface area contributed by atoms with Crippen LogP contribution in [0.1, 0.15) is 0 Å². The van der Waals surface area contributed by atoms with E-state index in [1.165, 1.54) is 0 Å². The van der Waals surface area contributed by atoms with E-state index >= 15 is 0 Å². The largest absolute Gasteiger partial charge is 0.479 e. The highest BCUT2D eigenvalue weighted by Gasteiger charge is 2.35. The zero-order valence-corrected chi connectivity index (χ0v) is 5.63. The van der Waals surface area contributed by atoms with Crippen molar-refractivity contribution in [3.05, 3.63) is 0 Å². The number of methoxy groups -OCH3 is 1. The van der Waals surface area contributed by atoms with Crippen molar-refractivity contribution in [2.24, 2.45) is 0 Å². The topological polar surface area (TPSA) is 46.5 Å². The lowest BCUT2D eigenvalue weighted by molar-refractivity contribution is -0.155. The van der Waals surface area contributed by atoms with Crippen LogP contribution in [0, 0.1) is 0 Å². The number of carbonyl (C=O) groups is 1. The molecule has 0 aliphatic rings. The van der Waals surface area contributed by atoms with Gasteiger partial charge in [0.25, 0.3) is 6.43 Å². The van der Waals surface area contributed by atoms with Crippen LogP contribution in [0.4, 0.5) is 13.2 Å². The van der Waals surface area contributed by atoms with Crippen LogP contribution in [-0.4, -0.2) is 36.9 Å². The molecule has 0 rings (SSSR count). The Bertz CT molecular complexity index is 139. The summed E-state index contributed by atoms with van der Waals surface area (Å²) in [5.74, 6) is -1.95. The number of hydrogen-bond donors (Lipinski definition) is 1. The molecule has 0 aliphatic heterocycles. The molecule has 0 aromatic carbocycles. The SMILES string of the molecule is COC(C(F)F)C(F)C(=O)O. The Morgan fingerprint density at radius 3 is 2.00 bits per heavy atom. The minimum absolute atomic E-state index is 0.826. The number of alkyl halides is 3. The molecule has 0 aliphatic carbocycles. The Morgan fingerprint density at radius 2 is 1.91 bits per heavy atom. The van der Waals surface area contributed by atoms with Gasteiger partial charge in [-0.1, -0.05) is 0 Å². The van der Waals surface area contributed by atoms with Crippen LogP contribution in [0.3, 0.4) is 0 Å². The number of rotatable bonds is 4. The van der Waals surface area contributed by atoms with Crippen LogP contribution in [-0.2, 0) is 9.53 Å². The van der Waals surface area contributed by atoms with Crippen LogP contribution < -0.4 is 0 Å². The van der Waals surface area contributed by atoms with Crippen molar-refractivity contribution in [1.29, 1.82) is 0 Å². The highest BCUT2D eigenvalue weighted by Crippen LogP contribution is 2.12. The number of aliphatic carboxylic acids is 1. The summed E-state index contributed by atoms with van der Waals surface area (Å²) in [6.07, 6.45) is -8.00. The Hall–Kier alpha value is -0.780. The first-order valence-electron chi connectivity index (χ1n) is 2.68. The maximum absolute atomic E-state index is 12.2. The molecule has 0 bridgehead atoms. The number of carboxylic acid groups (broad SMARTS) is 1. The lowest BCUT2D eigenvalue weighted by atomic mass is 10.2. The molecule has 11 heavy (non-hydrogen) atoms. The third kappa shape index (κ3) is 2.75. The van der Waals surface area contributed by atoms with Crippen LogP contribution in [0.5, 0.6) is 0 Å². The molecule has 2 unspecified atom stereocenters. The van der Waals surface area contributed by atoms with Gasteiger partial charge in [0.2, 0.25) is 6.17 Å². The van der Waals surface area contributed by atoms with Crippen LogP contribution in [0.25, 0.3) is 0 Å². The Balaban J connectivity index is 4.13. The van der Waals surface area contributed by atoms with Crippen molar-refractivity contribution < 1.29 is 27.8 Å². The molecule has 66 valence electrons. The molecule has 1 N–H and O–H groups in total. The van der Waals surface area contributed by atoms with Crippen LogP contribution in [0.2, 0.25) is 0 Å². The van der Waals surface area contributed by atoms with E-state index in [9.17, 15) is 18.0 Å². The van der Waals surface area contributed by atoms with Gasteiger partial charge in [0.05, 0.1) is 0 Å². The van der Waals surface area contributed by atoms with E-state index in [1.54, 1.807) is 0 Å². The summed E-state index contributed by atoms with van der Waals surface area (Å²) >= 11 is 0. The van der Waals surface area contributed by atoms with Crippen molar-refractivity contribution in [3.8, 4) is 0 Å². The average Bonchev–Trinajstić information content (AvgIpc) is 1.88. The molecule has 0 radical (unpaired) electrons. The molecule has 6 heteroatoms. The standard InChI is InChI=1S/C5H7F3O3/c1-11-3(4(7)8)2(6)5(9)10/h2-4H,1H3,(H,9,10). The van der Waals surface area contributed by atoms with Crippen molar-refractivity contribution in [2.75, 3.05) is 7.11 Å². The van der Waals surface area contributed by atoms with Gasteiger partial charge in [-0.3, -0.25) is 0 Å². The van der Waals surface area contributed by atoms with E-state index in [4.69, 9.17) is 5.11 Å². The number of ether oxygens (including phenoxy) is 1. The van der Waals surface area contributed by atoms with E-state index in [-0.39, 0.29) is 0 Å². The van der Waals surface area contributed by atoms with Crippen molar-refractivity contribution in [2.45, 2.75) is 18.7 Å². The second-order valence-corrected chi connectivity index (χ2v) is 1.77. The Labute approximate surface area is 60.8 Å². The highest BCUT2D eigenvalue weighted by atomic mass is 19.3. The monoisotopic (exact) mass is 172 g/mol. The predicted octanol–water partition coefficient (Wildman–Crippen LogP) is 0.689. The quantitative estimate of drug-likeness (QED) is 0.678. The van der Waals surface area contributed by atoms with Gasteiger partial charge in [0.15, 0.2) is 6.10 Å². The predicted molar refractivity (Wildman–Crippen MR) is 29.3 cm³/mol. The molecule has 0 amide bonds. The van der Waals surface area contributed by atoms with Gasteiger partial charge in [-0.2, -0.15) is 0 Å². The van der Waals surface area contributed by atoms with Gasteiger partial charge in [-0.25, -0.2) is 18.0 Å². The summed E-state index contributed by atoms with van der Waals surface area (Å²) in [7, 11) is 0.826. The smallest absolute Gasteiger partial charge is 0.341 e. The number of hydrogen-bond acceptors (Lipinski definition) is 2. The second kappa shape index (κ2) is 4.17. The molecule has 0 aromatic heterocycles. The van der Waals surface area contributed by atoms with Crippen molar-refractivity contribution >= 4 is 5.97 Å². The molecule has 0 saturated carbocycles. The van der Waals surface area contributed by atoms with E-state index in [1.807, 2.05) is 0 Å². The van der Waals surface area contributed by atoms with Gasteiger partial charge in [0, 0.05) is 7.11 Å². The first-order chi connectivity index (χ1) is 5.00. The lowest BCUT2D eigenvalue weighted by Crippen LogP contribution is -2.37.